The molecule has 1 fully saturated rings. The van der Waals surface area contributed by atoms with Crippen molar-refractivity contribution in [2.75, 3.05) is 5.32 Å². The molecule has 1 saturated carbocycles. The van der Waals surface area contributed by atoms with Crippen molar-refractivity contribution in [2.24, 2.45) is 7.05 Å². The number of aryl methyl sites for hydroxylation is 1. The zero-order valence-corrected chi connectivity index (χ0v) is 15.7. The van der Waals surface area contributed by atoms with E-state index >= 15 is 0 Å². The molecule has 0 bridgehead atoms. The Morgan fingerprint density at radius 1 is 1.07 bits per heavy atom. The molecule has 28 heavy (non-hydrogen) atoms. The number of nitrogens with one attached hydrogen (secondary N) is 1. The Morgan fingerprint density at radius 3 is 2.54 bits per heavy atom. The van der Waals surface area contributed by atoms with E-state index in [2.05, 4.69) is 31.4 Å². The molecule has 0 aromatic carbocycles. The van der Waals surface area contributed by atoms with Gasteiger partial charge in [0.1, 0.15) is 6.07 Å². The molecule has 1 aliphatic carbocycles. The number of nitrogens with zero attached hydrogens (tertiary/aromatic N) is 6. The van der Waals surface area contributed by atoms with Gasteiger partial charge in [-0.05, 0) is 25.7 Å². The van der Waals surface area contributed by atoms with Gasteiger partial charge in [0, 0.05) is 42.8 Å². The van der Waals surface area contributed by atoms with Gasteiger partial charge in [0.15, 0.2) is 11.4 Å². The summed E-state index contributed by atoms with van der Waals surface area (Å²) in [7, 11) is 1.87. The van der Waals surface area contributed by atoms with Gasteiger partial charge in [-0.2, -0.15) is 10.4 Å². The van der Waals surface area contributed by atoms with Crippen molar-refractivity contribution in [2.45, 2.75) is 38.2 Å². The lowest BCUT2D eigenvalue weighted by molar-refractivity contribution is 0.154. The first-order valence-electron chi connectivity index (χ1n) is 9.36. The molecule has 3 aromatic heterocycles. The topological polar surface area (TPSA) is 102 Å². The highest BCUT2D eigenvalue weighted by molar-refractivity contribution is 5.62. The second-order valence-corrected chi connectivity index (χ2v) is 6.88. The summed E-state index contributed by atoms with van der Waals surface area (Å²) in [4.78, 5) is 12.9. The molecule has 1 aliphatic rings. The van der Waals surface area contributed by atoms with Gasteiger partial charge in [-0.3, -0.25) is 4.68 Å². The van der Waals surface area contributed by atoms with Crippen LogP contribution in [0.5, 0.6) is 5.75 Å². The van der Waals surface area contributed by atoms with Gasteiger partial charge in [0.05, 0.1) is 24.2 Å². The molecule has 0 radical (unpaired) electrons. The van der Waals surface area contributed by atoms with Gasteiger partial charge in [0.2, 0.25) is 5.95 Å². The Balaban J connectivity index is 1.49. The Morgan fingerprint density at radius 2 is 1.86 bits per heavy atom. The van der Waals surface area contributed by atoms with E-state index in [1.807, 2.05) is 13.2 Å². The zero-order chi connectivity index (χ0) is 19.3. The van der Waals surface area contributed by atoms with E-state index < -0.39 is 0 Å². The third kappa shape index (κ3) is 4.09. The molecule has 142 valence electrons. The van der Waals surface area contributed by atoms with Gasteiger partial charge in [0.25, 0.3) is 0 Å². The summed E-state index contributed by atoms with van der Waals surface area (Å²) >= 11 is 0. The standard InChI is InChI=1S/C20H21N7O/c1-27-13-15(11-25-27)14-9-23-20(24-10-14)26-16-7-19(18(8-21)22-12-16)28-17-5-3-2-4-6-17/h7,9-13,17H,2-6H2,1H3,(H,23,24,26). The SMILES string of the molecule is Cn1cc(-c2cnc(Nc3cnc(C#N)c(OC4CCCCC4)c3)nc2)cn1. The predicted octanol–water partition coefficient (Wildman–Crippen LogP) is 3.60. The lowest BCUT2D eigenvalue weighted by Gasteiger charge is -2.23. The van der Waals surface area contributed by atoms with E-state index in [9.17, 15) is 5.26 Å². The second kappa shape index (κ2) is 8.05. The summed E-state index contributed by atoms with van der Waals surface area (Å²) in [6, 6.07) is 3.89. The monoisotopic (exact) mass is 375 g/mol. The van der Waals surface area contributed by atoms with Crippen LogP contribution >= 0.6 is 0 Å². The number of nitriles is 1. The molecule has 0 amide bonds. The summed E-state index contributed by atoms with van der Waals surface area (Å²) in [5.74, 6) is 0.953. The van der Waals surface area contributed by atoms with Crippen molar-refractivity contribution >= 4 is 11.6 Å². The maximum atomic E-state index is 9.32. The van der Waals surface area contributed by atoms with E-state index in [-0.39, 0.29) is 6.10 Å². The van der Waals surface area contributed by atoms with Crippen molar-refractivity contribution in [1.82, 2.24) is 24.7 Å². The summed E-state index contributed by atoms with van der Waals surface area (Å²) in [6.07, 6.45) is 14.5. The Bertz CT molecular complexity index is 985. The molecule has 0 spiro atoms. The molecule has 0 atom stereocenters. The van der Waals surface area contributed by atoms with Crippen LogP contribution in [0.2, 0.25) is 0 Å². The van der Waals surface area contributed by atoms with Crippen molar-refractivity contribution in [3.63, 3.8) is 0 Å². The minimum Gasteiger partial charge on any atom is -0.487 e. The van der Waals surface area contributed by atoms with Crippen LogP contribution in [-0.2, 0) is 7.05 Å². The zero-order valence-electron chi connectivity index (χ0n) is 15.7. The van der Waals surface area contributed by atoms with Crippen LogP contribution in [0.1, 0.15) is 37.8 Å². The van der Waals surface area contributed by atoms with Crippen molar-refractivity contribution < 1.29 is 4.74 Å². The van der Waals surface area contributed by atoms with Crippen LogP contribution in [0.15, 0.2) is 37.1 Å². The first-order valence-corrected chi connectivity index (χ1v) is 9.36. The molecule has 0 aliphatic heterocycles. The van der Waals surface area contributed by atoms with E-state index in [1.165, 1.54) is 6.42 Å². The average Bonchev–Trinajstić information content (AvgIpc) is 3.16. The van der Waals surface area contributed by atoms with Crippen LogP contribution in [0.4, 0.5) is 11.6 Å². The van der Waals surface area contributed by atoms with Gasteiger partial charge in [-0.15, -0.1) is 0 Å². The van der Waals surface area contributed by atoms with E-state index in [0.717, 1.165) is 36.8 Å². The summed E-state index contributed by atoms with van der Waals surface area (Å²) < 4.78 is 7.79. The molecule has 3 aromatic rings. The quantitative estimate of drug-likeness (QED) is 0.727. The van der Waals surface area contributed by atoms with Gasteiger partial charge >= 0.3 is 0 Å². The lowest BCUT2D eigenvalue weighted by Crippen LogP contribution is -2.20. The number of hydrogen-bond acceptors (Lipinski definition) is 7. The minimum atomic E-state index is 0.146. The molecule has 8 nitrogen and oxygen atoms in total. The normalized spacial score (nSPS) is 14.4. The Labute approximate surface area is 163 Å². The number of ether oxygens (including phenoxy) is 1. The Kier molecular flexibility index (Phi) is 5.15. The molecule has 1 N–H and O–H groups in total. The molecule has 0 unspecified atom stereocenters. The number of rotatable bonds is 5. The lowest BCUT2D eigenvalue weighted by atomic mass is 9.98. The second-order valence-electron chi connectivity index (χ2n) is 6.88. The third-order valence-electron chi connectivity index (χ3n) is 4.75. The molecule has 3 heterocycles. The summed E-state index contributed by atoms with van der Waals surface area (Å²) in [6.45, 7) is 0. The summed E-state index contributed by atoms with van der Waals surface area (Å²) in [5.41, 5.74) is 2.82. The molecule has 4 rings (SSSR count). The fourth-order valence-electron chi connectivity index (χ4n) is 3.29. The van der Waals surface area contributed by atoms with Crippen LogP contribution < -0.4 is 10.1 Å². The van der Waals surface area contributed by atoms with Gasteiger partial charge in [-0.25, -0.2) is 15.0 Å². The predicted molar refractivity (Wildman–Crippen MR) is 104 cm³/mol. The first kappa shape index (κ1) is 17.9. The van der Waals surface area contributed by atoms with Crippen LogP contribution in [0.3, 0.4) is 0 Å². The maximum Gasteiger partial charge on any atom is 0.227 e. The molecular formula is C20H21N7O. The van der Waals surface area contributed by atoms with Crippen molar-refractivity contribution in [3.8, 4) is 22.9 Å². The van der Waals surface area contributed by atoms with Crippen molar-refractivity contribution in [1.29, 1.82) is 5.26 Å². The average molecular weight is 375 g/mol. The first-order chi connectivity index (χ1) is 13.7. The van der Waals surface area contributed by atoms with Gasteiger partial charge in [-0.1, -0.05) is 6.42 Å². The highest BCUT2D eigenvalue weighted by Crippen LogP contribution is 2.28. The third-order valence-corrected chi connectivity index (χ3v) is 4.75. The van der Waals surface area contributed by atoms with E-state index in [4.69, 9.17) is 4.74 Å². The number of hydrogen-bond donors (Lipinski definition) is 1. The minimum absolute atomic E-state index is 0.146. The van der Waals surface area contributed by atoms with Crippen LogP contribution in [0, 0.1) is 11.3 Å². The molecular weight excluding hydrogens is 354 g/mol. The highest BCUT2D eigenvalue weighted by atomic mass is 16.5. The van der Waals surface area contributed by atoms with Crippen LogP contribution in [0.25, 0.3) is 11.1 Å². The fourth-order valence-corrected chi connectivity index (χ4v) is 3.29. The van der Waals surface area contributed by atoms with E-state index in [1.54, 1.807) is 35.5 Å². The molecule has 0 saturated heterocycles. The van der Waals surface area contributed by atoms with E-state index in [0.29, 0.717) is 23.1 Å². The largest absolute Gasteiger partial charge is 0.487 e. The number of aromatic nitrogens is 5. The van der Waals surface area contributed by atoms with Gasteiger partial charge < -0.3 is 10.1 Å². The Hall–Kier alpha value is -3.47. The number of pyridine rings is 1. The molecule has 8 heteroatoms. The summed E-state index contributed by atoms with van der Waals surface area (Å²) in [5, 5.41) is 16.6. The highest BCUT2D eigenvalue weighted by Gasteiger charge is 2.17. The maximum absolute atomic E-state index is 9.32. The smallest absolute Gasteiger partial charge is 0.227 e. The fraction of sp³-hybridized carbons (Fsp3) is 0.350. The van der Waals surface area contributed by atoms with Crippen molar-refractivity contribution in [3.05, 3.63) is 42.7 Å². The number of anilines is 2. The van der Waals surface area contributed by atoms with Crippen LogP contribution in [-0.4, -0.2) is 30.8 Å².